The molecule has 4 fully saturated rings. The Kier molecular flexibility index (Phi) is 5.54. The van der Waals surface area contributed by atoms with E-state index in [1.807, 2.05) is 6.07 Å². The van der Waals surface area contributed by atoms with E-state index in [-0.39, 0.29) is 13.2 Å². The fourth-order valence-electron chi connectivity index (χ4n) is 6.45. The SMILES string of the molecule is CC(=O)O[C@H]1[C@H](n2ncc3c(N4C[C@H]5CCC[C@H]5C4)cc(Cl)nc32)O[C@H](CO)C12COC(C)(C)O2. The average Bonchev–Trinajstić information content (AvgIpc) is 3.57. The van der Waals surface area contributed by atoms with Gasteiger partial charge in [0.15, 0.2) is 29.4 Å². The molecule has 3 saturated heterocycles. The van der Waals surface area contributed by atoms with Crippen LogP contribution in [0.2, 0.25) is 5.15 Å². The number of ether oxygens (including phenoxy) is 4. The summed E-state index contributed by atoms with van der Waals surface area (Å²) in [5, 5.41) is 16.0. The van der Waals surface area contributed by atoms with E-state index in [1.54, 1.807) is 24.7 Å². The lowest BCUT2D eigenvalue weighted by atomic mass is 9.93. The van der Waals surface area contributed by atoms with Gasteiger partial charge < -0.3 is 29.0 Å². The summed E-state index contributed by atoms with van der Waals surface area (Å²) >= 11 is 6.50. The zero-order valence-corrected chi connectivity index (χ0v) is 20.9. The molecule has 1 saturated carbocycles. The molecule has 0 amide bonds. The van der Waals surface area contributed by atoms with Gasteiger partial charge >= 0.3 is 5.97 Å². The third-order valence-corrected chi connectivity index (χ3v) is 8.14. The summed E-state index contributed by atoms with van der Waals surface area (Å²) in [6.07, 6.45) is 3.00. The van der Waals surface area contributed by atoms with E-state index in [4.69, 9.17) is 30.5 Å². The minimum atomic E-state index is -1.19. The summed E-state index contributed by atoms with van der Waals surface area (Å²) in [7, 11) is 0. The number of hydrogen-bond acceptors (Lipinski definition) is 9. The van der Waals surface area contributed by atoms with Crippen LogP contribution in [0.3, 0.4) is 0 Å². The van der Waals surface area contributed by atoms with E-state index >= 15 is 0 Å². The monoisotopic (exact) mass is 506 g/mol. The second-order valence-corrected chi connectivity index (χ2v) is 11.0. The van der Waals surface area contributed by atoms with E-state index in [0.29, 0.717) is 22.6 Å². The number of halogens is 1. The number of aliphatic hydroxyl groups is 1. The third-order valence-electron chi connectivity index (χ3n) is 7.95. The van der Waals surface area contributed by atoms with Gasteiger partial charge in [-0.15, -0.1) is 0 Å². The lowest BCUT2D eigenvalue weighted by Gasteiger charge is -2.33. The number of carbonyl (C=O) groups is 1. The van der Waals surface area contributed by atoms with Crippen LogP contribution >= 0.6 is 11.6 Å². The highest BCUT2D eigenvalue weighted by atomic mass is 35.5. The second-order valence-electron chi connectivity index (χ2n) is 10.6. The molecule has 11 heteroatoms. The van der Waals surface area contributed by atoms with Crippen LogP contribution in [-0.2, 0) is 23.7 Å². The van der Waals surface area contributed by atoms with E-state index in [1.165, 1.54) is 26.2 Å². The number of esters is 1. The molecule has 10 nitrogen and oxygen atoms in total. The summed E-state index contributed by atoms with van der Waals surface area (Å²) in [5.41, 5.74) is 0.331. The van der Waals surface area contributed by atoms with Gasteiger partial charge in [-0.25, -0.2) is 9.67 Å². The number of hydrogen-bond donors (Lipinski definition) is 1. The number of nitrogens with zero attached hydrogens (tertiary/aromatic N) is 4. The molecule has 35 heavy (non-hydrogen) atoms. The maximum Gasteiger partial charge on any atom is 0.303 e. The van der Waals surface area contributed by atoms with Crippen molar-refractivity contribution in [3.63, 3.8) is 0 Å². The summed E-state index contributed by atoms with van der Waals surface area (Å²) in [4.78, 5) is 19.1. The first-order chi connectivity index (χ1) is 16.7. The third kappa shape index (κ3) is 3.72. The van der Waals surface area contributed by atoms with Crippen molar-refractivity contribution in [3.05, 3.63) is 17.4 Å². The van der Waals surface area contributed by atoms with Crippen molar-refractivity contribution in [3.8, 4) is 0 Å². The molecule has 0 radical (unpaired) electrons. The van der Waals surface area contributed by atoms with Crippen molar-refractivity contribution in [1.29, 1.82) is 0 Å². The Bertz CT molecular complexity index is 1140. The molecule has 1 aliphatic carbocycles. The van der Waals surface area contributed by atoms with Crippen LogP contribution in [0.25, 0.3) is 11.0 Å². The molecule has 2 aromatic rings. The van der Waals surface area contributed by atoms with Crippen LogP contribution in [0.5, 0.6) is 0 Å². The molecule has 190 valence electrons. The molecule has 4 aliphatic rings. The molecular weight excluding hydrogens is 476 g/mol. The van der Waals surface area contributed by atoms with Gasteiger partial charge in [-0.2, -0.15) is 5.10 Å². The molecule has 3 aliphatic heterocycles. The van der Waals surface area contributed by atoms with Gasteiger partial charge in [-0.05, 0) is 44.6 Å². The van der Waals surface area contributed by atoms with Crippen LogP contribution in [0.4, 0.5) is 5.69 Å². The zero-order chi connectivity index (χ0) is 24.5. The largest absolute Gasteiger partial charge is 0.454 e. The van der Waals surface area contributed by atoms with E-state index < -0.39 is 35.8 Å². The molecule has 6 rings (SSSR count). The van der Waals surface area contributed by atoms with Crippen molar-refractivity contribution in [2.24, 2.45) is 11.8 Å². The van der Waals surface area contributed by atoms with Gasteiger partial charge in [0.1, 0.15) is 11.3 Å². The average molecular weight is 507 g/mol. The summed E-state index contributed by atoms with van der Waals surface area (Å²) in [6, 6.07) is 1.89. The quantitative estimate of drug-likeness (QED) is 0.494. The van der Waals surface area contributed by atoms with Crippen molar-refractivity contribution < 1.29 is 28.8 Å². The normalized spacial score (nSPS) is 35.9. The van der Waals surface area contributed by atoms with Crippen LogP contribution in [-0.4, -0.2) is 75.7 Å². The summed E-state index contributed by atoms with van der Waals surface area (Å²) in [6.45, 7) is 6.62. The number of aliphatic hydroxyl groups excluding tert-OH is 1. The topological polar surface area (TPSA) is 108 Å². The highest BCUT2D eigenvalue weighted by Gasteiger charge is 2.66. The molecule has 1 N–H and O–H groups in total. The first-order valence-corrected chi connectivity index (χ1v) is 12.6. The number of pyridine rings is 1. The van der Waals surface area contributed by atoms with Gasteiger partial charge in [-0.1, -0.05) is 18.0 Å². The number of carbonyl (C=O) groups excluding carboxylic acids is 1. The second kappa shape index (κ2) is 8.27. The molecular formula is C24H31ClN4O6. The highest BCUT2D eigenvalue weighted by molar-refractivity contribution is 6.30. The fourth-order valence-corrected chi connectivity index (χ4v) is 6.64. The maximum absolute atomic E-state index is 12.1. The van der Waals surface area contributed by atoms with Gasteiger partial charge in [0.2, 0.25) is 0 Å². The van der Waals surface area contributed by atoms with Gasteiger partial charge in [0.05, 0.1) is 30.5 Å². The zero-order valence-electron chi connectivity index (χ0n) is 20.1. The predicted molar refractivity (Wildman–Crippen MR) is 126 cm³/mol. The van der Waals surface area contributed by atoms with Gasteiger partial charge in [0.25, 0.3) is 0 Å². The Balaban J connectivity index is 1.41. The van der Waals surface area contributed by atoms with Crippen LogP contribution in [0.15, 0.2) is 12.3 Å². The Labute approximate surface area is 208 Å². The molecule has 0 aromatic carbocycles. The lowest BCUT2D eigenvalue weighted by molar-refractivity contribution is -0.198. The Morgan fingerprint density at radius 2 is 2.06 bits per heavy atom. The molecule has 1 unspecified atom stereocenters. The molecule has 6 atom stereocenters. The molecule has 5 heterocycles. The highest BCUT2D eigenvalue weighted by Crippen LogP contribution is 2.49. The molecule has 0 bridgehead atoms. The number of rotatable bonds is 4. The minimum absolute atomic E-state index is 0.0921. The Morgan fingerprint density at radius 3 is 2.69 bits per heavy atom. The number of fused-ring (bicyclic) bond motifs is 2. The van der Waals surface area contributed by atoms with Crippen molar-refractivity contribution in [1.82, 2.24) is 14.8 Å². The minimum Gasteiger partial charge on any atom is -0.454 e. The van der Waals surface area contributed by atoms with Crippen molar-refractivity contribution in [2.75, 3.05) is 31.2 Å². The van der Waals surface area contributed by atoms with Crippen molar-refractivity contribution >= 4 is 34.3 Å². The predicted octanol–water partition coefficient (Wildman–Crippen LogP) is 2.66. The smallest absolute Gasteiger partial charge is 0.303 e. The first kappa shape index (κ1) is 23.4. The van der Waals surface area contributed by atoms with Gasteiger partial charge in [0, 0.05) is 20.0 Å². The van der Waals surface area contributed by atoms with E-state index in [9.17, 15) is 9.90 Å². The van der Waals surface area contributed by atoms with Crippen LogP contribution in [0, 0.1) is 11.8 Å². The van der Waals surface area contributed by atoms with E-state index in [2.05, 4.69) is 15.0 Å². The molecule has 2 aromatic heterocycles. The van der Waals surface area contributed by atoms with Gasteiger partial charge in [-0.3, -0.25) is 4.79 Å². The fraction of sp³-hybridized carbons (Fsp3) is 0.708. The number of aromatic nitrogens is 3. The van der Waals surface area contributed by atoms with Crippen LogP contribution < -0.4 is 4.90 Å². The summed E-state index contributed by atoms with van der Waals surface area (Å²) in [5.74, 6) is -0.00138. The number of anilines is 1. The van der Waals surface area contributed by atoms with Crippen molar-refractivity contribution in [2.45, 2.75) is 69.9 Å². The Morgan fingerprint density at radius 1 is 1.31 bits per heavy atom. The van der Waals surface area contributed by atoms with E-state index in [0.717, 1.165) is 24.2 Å². The Hall–Kier alpha value is -1.98. The first-order valence-electron chi connectivity index (χ1n) is 12.3. The maximum atomic E-state index is 12.1. The summed E-state index contributed by atoms with van der Waals surface area (Å²) < 4.78 is 25.7. The van der Waals surface area contributed by atoms with Crippen LogP contribution in [0.1, 0.15) is 46.3 Å². The molecule has 1 spiro atoms. The lowest BCUT2D eigenvalue weighted by Crippen LogP contribution is -2.53. The standard InChI is InChI=1S/C24H31ClN4O6/c1-13(31)33-20-22(34-18(11-30)24(20)12-32-23(2,3)35-24)29-21-16(8-26-29)17(7-19(25)27-21)28-9-14-5-4-6-15(14)10-28/h7-8,14-15,18,20,22,30H,4-6,9-12H2,1-3H3/t14-,15+,18-,20+,22-,24?/m1/s1.